The van der Waals surface area contributed by atoms with Crippen LogP contribution in [0.2, 0.25) is 0 Å². The Labute approximate surface area is 142 Å². The number of aryl methyl sites for hydroxylation is 1. The molecule has 0 spiro atoms. The molecule has 3 rings (SSSR count). The van der Waals surface area contributed by atoms with Crippen LogP contribution in [0.25, 0.3) is 0 Å². The quantitative estimate of drug-likeness (QED) is 0.757. The van der Waals surface area contributed by atoms with Gasteiger partial charge in [-0.1, -0.05) is 6.07 Å². The summed E-state index contributed by atoms with van der Waals surface area (Å²) in [5.41, 5.74) is 4.10. The van der Waals surface area contributed by atoms with E-state index in [2.05, 4.69) is 16.5 Å². The van der Waals surface area contributed by atoms with Crippen LogP contribution in [0.4, 0.5) is 0 Å². The van der Waals surface area contributed by atoms with Gasteiger partial charge in [-0.15, -0.1) is 0 Å². The van der Waals surface area contributed by atoms with Gasteiger partial charge in [0.1, 0.15) is 0 Å². The number of aromatic nitrogens is 2. The van der Waals surface area contributed by atoms with Crippen LogP contribution in [0.3, 0.4) is 0 Å². The first kappa shape index (κ1) is 16.9. The van der Waals surface area contributed by atoms with E-state index in [4.69, 9.17) is 0 Å². The van der Waals surface area contributed by atoms with Gasteiger partial charge in [0, 0.05) is 48.5 Å². The molecule has 1 saturated carbocycles. The van der Waals surface area contributed by atoms with E-state index >= 15 is 0 Å². The lowest BCUT2D eigenvalue weighted by Crippen LogP contribution is -2.32. The Morgan fingerprint density at radius 2 is 2.21 bits per heavy atom. The smallest absolute Gasteiger partial charge is 0.178 e. The minimum absolute atomic E-state index is 0.0363. The van der Waals surface area contributed by atoms with Gasteiger partial charge in [0.15, 0.2) is 5.78 Å². The van der Waals surface area contributed by atoms with Crippen LogP contribution in [0, 0.1) is 13.8 Å². The number of pyridine rings is 1. The van der Waals surface area contributed by atoms with Crippen molar-refractivity contribution >= 4 is 5.78 Å². The molecule has 2 aromatic rings. The summed E-state index contributed by atoms with van der Waals surface area (Å²) in [6.07, 6.45) is 5.95. The normalized spacial score (nSPS) is 14.3. The van der Waals surface area contributed by atoms with Gasteiger partial charge in [-0.3, -0.25) is 14.7 Å². The van der Waals surface area contributed by atoms with Crippen molar-refractivity contribution in [1.82, 2.24) is 14.5 Å². The lowest BCUT2D eigenvalue weighted by molar-refractivity contribution is 0.0907. The molecular weight excluding hydrogens is 302 g/mol. The molecule has 0 aromatic carbocycles. The standard InChI is InChI=1S/C19H25N3O2/c1-14-10-18(15(2)22(14)17-5-6-17)19(24)13-21(8-9-23)12-16-4-3-7-20-11-16/h3-4,7,10-11,17,23H,5-6,8-9,12-13H2,1-2H3. The van der Waals surface area contributed by atoms with Crippen LogP contribution in [-0.4, -0.2) is 45.0 Å². The minimum Gasteiger partial charge on any atom is -0.395 e. The van der Waals surface area contributed by atoms with E-state index in [0.29, 0.717) is 25.7 Å². The molecule has 2 aromatic heterocycles. The highest BCUT2D eigenvalue weighted by Gasteiger charge is 2.28. The molecular formula is C19H25N3O2. The molecule has 0 amide bonds. The Kier molecular flexibility index (Phi) is 5.11. The largest absolute Gasteiger partial charge is 0.395 e. The van der Waals surface area contributed by atoms with Gasteiger partial charge >= 0.3 is 0 Å². The van der Waals surface area contributed by atoms with Crippen molar-refractivity contribution in [1.29, 1.82) is 0 Å². The molecule has 0 radical (unpaired) electrons. The Hall–Kier alpha value is -1.98. The summed E-state index contributed by atoms with van der Waals surface area (Å²) in [5, 5.41) is 9.31. The molecule has 1 N–H and O–H groups in total. The van der Waals surface area contributed by atoms with E-state index < -0.39 is 0 Å². The fraction of sp³-hybridized carbons (Fsp3) is 0.474. The highest BCUT2D eigenvalue weighted by atomic mass is 16.3. The molecule has 2 heterocycles. The van der Waals surface area contributed by atoms with Crippen LogP contribution in [-0.2, 0) is 6.54 Å². The number of carbonyl (C=O) groups excluding carboxylic acids is 1. The van der Waals surface area contributed by atoms with Gasteiger partial charge in [0.2, 0.25) is 0 Å². The summed E-state index contributed by atoms with van der Waals surface area (Å²) < 4.78 is 2.30. The number of hydrogen-bond donors (Lipinski definition) is 1. The van der Waals surface area contributed by atoms with Crippen molar-refractivity contribution in [3.8, 4) is 0 Å². The predicted octanol–water partition coefficient (Wildman–Crippen LogP) is 2.51. The SMILES string of the molecule is Cc1cc(C(=O)CN(CCO)Cc2cccnc2)c(C)n1C1CC1. The fourth-order valence-electron chi connectivity index (χ4n) is 3.35. The maximum Gasteiger partial charge on any atom is 0.178 e. The van der Waals surface area contributed by atoms with Crippen molar-refractivity contribution in [3.63, 3.8) is 0 Å². The molecule has 0 saturated heterocycles. The highest BCUT2D eigenvalue weighted by molar-refractivity contribution is 5.99. The molecule has 0 unspecified atom stereocenters. The number of rotatable bonds is 8. The van der Waals surface area contributed by atoms with Crippen LogP contribution < -0.4 is 0 Å². The first-order chi connectivity index (χ1) is 11.6. The number of Topliss-reactive ketones (excluding diaryl/α,β-unsaturated/α-hetero) is 1. The lowest BCUT2D eigenvalue weighted by Gasteiger charge is -2.20. The first-order valence-corrected chi connectivity index (χ1v) is 8.54. The molecule has 5 nitrogen and oxygen atoms in total. The highest BCUT2D eigenvalue weighted by Crippen LogP contribution is 2.38. The third-order valence-electron chi connectivity index (χ3n) is 4.61. The Morgan fingerprint density at radius 1 is 1.42 bits per heavy atom. The summed E-state index contributed by atoms with van der Waals surface area (Å²) in [7, 11) is 0. The summed E-state index contributed by atoms with van der Waals surface area (Å²) in [4.78, 5) is 18.9. The molecule has 5 heteroatoms. The van der Waals surface area contributed by atoms with Gasteiger partial charge in [-0.2, -0.15) is 0 Å². The van der Waals surface area contributed by atoms with Crippen molar-refractivity contribution in [2.75, 3.05) is 19.7 Å². The number of hydrogen-bond acceptors (Lipinski definition) is 4. The molecule has 1 aliphatic carbocycles. The zero-order chi connectivity index (χ0) is 17.1. The van der Waals surface area contributed by atoms with Crippen LogP contribution in [0.1, 0.15) is 46.2 Å². The van der Waals surface area contributed by atoms with E-state index in [0.717, 1.165) is 16.8 Å². The predicted molar refractivity (Wildman–Crippen MR) is 93.1 cm³/mol. The van der Waals surface area contributed by atoms with Crippen LogP contribution in [0.5, 0.6) is 0 Å². The van der Waals surface area contributed by atoms with Gasteiger partial charge in [0.25, 0.3) is 0 Å². The topological polar surface area (TPSA) is 58.4 Å². The molecule has 128 valence electrons. The van der Waals surface area contributed by atoms with E-state index in [9.17, 15) is 9.90 Å². The maximum atomic E-state index is 12.8. The van der Waals surface area contributed by atoms with E-state index in [-0.39, 0.29) is 12.4 Å². The minimum atomic E-state index is 0.0363. The number of aliphatic hydroxyl groups is 1. The Balaban J connectivity index is 1.72. The number of carbonyl (C=O) groups is 1. The van der Waals surface area contributed by atoms with Crippen molar-refractivity contribution in [2.24, 2.45) is 0 Å². The Morgan fingerprint density at radius 3 is 2.83 bits per heavy atom. The summed E-state index contributed by atoms with van der Waals surface area (Å²) in [6.45, 7) is 5.54. The lowest BCUT2D eigenvalue weighted by atomic mass is 10.1. The third-order valence-corrected chi connectivity index (χ3v) is 4.61. The number of nitrogens with zero attached hydrogens (tertiary/aromatic N) is 3. The van der Waals surface area contributed by atoms with Crippen LogP contribution in [0.15, 0.2) is 30.6 Å². The second-order valence-corrected chi connectivity index (χ2v) is 6.60. The molecule has 24 heavy (non-hydrogen) atoms. The molecule has 1 aliphatic rings. The summed E-state index contributed by atoms with van der Waals surface area (Å²) in [5.74, 6) is 0.118. The zero-order valence-corrected chi connectivity index (χ0v) is 14.4. The van der Waals surface area contributed by atoms with Gasteiger partial charge in [0.05, 0.1) is 13.2 Å². The molecule has 0 aliphatic heterocycles. The van der Waals surface area contributed by atoms with Gasteiger partial charge in [-0.05, 0) is 44.4 Å². The van der Waals surface area contributed by atoms with Gasteiger partial charge < -0.3 is 9.67 Å². The third kappa shape index (κ3) is 3.74. The second-order valence-electron chi connectivity index (χ2n) is 6.60. The average molecular weight is 327 g/mol. The monoisotopic (exact) mass is 327 g/mol. The number of aliphatic hydroxyl groups excluding tert-OH is 1. The maximum absolute atomic E-state index is 12.8. The van der Waals surface area contributed by atoms with Gasteiger partial charge in [-0.25, -0.2) is 0 Å². The molecule has 0 atom stereocenters. The average Bonchev–Trinajstić information content (AvgIpc) is 3.34. The second kappa shape index (κ2) is 7.28. The van der Waals surface area contributed by atoms with E-state index in [1.54, 1.807) is 12.4 Å². The first-order valence-electron chi connectivity index (χ1n) is 8.54. The van der Waals surface area contributed by atoms with E-state index in [1.165, 1.54) is 18.5 Å². The summed E-state index contributed by atoms with van der Waals surface area (Å²) in [6, 6.07) is 6.46. The zero-order valence-electron chi connectivity index (χ0n) is 14.4. The van der Waals surface area contributed by atoms with E-state index in [1.807, 2.05) is 30.0 Å². The molecule has 1 fully saturated rings. The number of ketones is 1. The Bertz CT molecular complexity index is 705. The van der Waals surface area contributed by atoms with Crippen LogP contribution >= 0.6 is 0 Å². The van der Waals surface area contributed by atoms with Crippen molar-refractivity contribution < 1.29 is 9.90 Å². The van der Waals surface area contributed by atoms with Crippen molar-refractivity contribution in [2.45, 2.75) is 39.3 Å². The van der Waals surface area contributed by atoms with Crippen molar-refractivity contribution in [3.05, 3.63) is 53.1 Å². The fourth-order valence-corrected chi connectivity index (χ4v) is 3.35. The summed E-state index contributed by atoms with van der Waals surface area (Å²) >= 11 is 0. The molecule has 0 bridgehead atoms.